The lowest BCUT2D eigenvalue weighted by molar-refractivity contribution is 0.0731. The number of thiophene rings is 1. The Bertz CT molecular complexity index is 1430. The van der Waals surface area contributed by atoms with E-state index in [2.05, 4.69) is 15.5 Å². The standard InChI is InChI=1S/C27H26N4O3S/c1-15-3-12-23(35-15)22-13-21(24-16(2)30-34-26(24)29-22)27(33)31(20-10-11-20)14-17-4-6-18(7-5-17)25(32)28-19-8-9-19/h3-7,12-13,19-20H,8-11,14H2,1-2H3,(H,28,32). The van der Waals surface area contributed by atoms with Crippen molar-refractivity contribution in [2.75, 3.05) is 0 Å². The van der Waals surface area contributed by atoms with Crippen LogP contribution in [0.25, 0.3) is 21.7 Å². The van der Waals surface area contributed by atoms with E-state index in [1.54, 1.807) is 11.3 Å². The summed E-state index contributed by atoms with van der Waals surface area (Å²) in [6, 6.07) is 14.0. The molecular weight excluding hydrogens is 460 g/mol. The highest BCUT2D eigenvalue weighted by Crippen LogP contribution is 2.35. The van der Waals surface area contributed by atoms with Crippen LogP contribution in [0.5, 0.6) is 0 Å². The van der Waals surface area contributed by atoms with Crippen LogP contribution in [0.15, 0.2) is 47.0 Å². The van der Waals surface area contributed by atoms with Crippen LogP contribution in [0.2, 0.25) is 0 Å². The maximum absolute atomic E-state index is 14.0. The largest absolute Gasteiger partial charge is 0.349 e. The van der Waals surface area contributed by atoms with Crippen molar-refractivity contribution < 1.29 is 14.1 Å². The molecule has 2 fully saturated rings. The maximum Gasteiger partial charge on any atom is 0.259 e. The van der Waals surface area contributed by atoms with Crippen LogP contribution in [0.1, 0.15) is 62.5 Å². The second kappa shape index (κ2) is 8.61. The highest BCUT2D eigenvalue weighted by molar-refractivity contribution is 7.15. The summed E-state index contributed by atoms with van der Waals surface area (Å²) in [7, 11) is 0. The summed E-state index contributed by atoms with van der Waals surface area (Å²) in [5, 5.41) is 7.78. The van der Waals surface area contributed by atoms with Gasteiger partial charge in [0.1, 0.15) is 0 Å². The molecule has 0 radical (unpaired) electrons. The molecule has 0 saturated heterocycles. The molecule has 8 heteroatoms. The fourth-order valence-corrected chi connectivity index (χ4v) is 5.15. The van der Waals surface area contributed by atoms with Gasteiger partial charge in [0.2, 0.25) is 0 Å². The first-order valence-electron chi connectivity index (χ1n) is 12.0. The average Bonchev–Trinajstić information content (AvgIpc) is 3.79. The van der Waals surface area contributed by atoms with Crippen LogP contribution < -0.4 is 5.32 Å². The van der Waals surface area contributed by atoms with Gasteiger partial charge in [-0.15, -0.1) is 11.3 Å². The molecular formula is C27H26N4O3S. The van der Waals surface area contributed by atoms with Crippen LogP contribution in [0.3, 0.4) is 0 Å². The minimum Gasteiger partial charge on any atom is -0.349 e. The molecule has 6 rings (SSSR count). The van der Waals surface area contributed by atoms with Gasteiger partial charge >= 0.3 is 0 Å². The van der Waals surface area contributed by atoms with Gasteiger partial charge < -0.3 is 14.7 Å². The van der Waals surface area contributed by atoms with Gasteiger partial charge in [-0.25, -0.2) is 4.98 Å². The molecule has 2 saturated carbocycles. The van der Waals surface area contributed by atoms with E-state index in [0.717, 1.165) is 41.8 Å². The van der Waals surface area contributed by atoms with Gasteiger partial charge in [0.25, 0.3) is 17.5 Å². The number of carbonyl (C=O) groups excluding carboxylic acids is 2. The van der Waals surface area contributed by atoms with Gasteiger partial charge in [-0.1, -0.05) is 17.3 Å². The van der Waals surface area contributed by atoms with Crippen molar-refractivity contribution in [3.8, 4) is 10.6 Å². The lowest BCUT2D eigenvalue weighted by Gasteiger charge is -2.23. The minimum absolute atomic E-state index is 0.0346. The third-order valence-electron chi connectivity index (χ3n) is 6.57. The lowest BCUT2D eigenvalue weighted by atomic mass is 10.1. The van der Waals surface area contributed by atoms with E-state index >= 15 is 0 Å². The van der Waals surface area contributed by atoms with Gasteiger partial charge in [0, 0.05) is 29.1 Å². The number of amides is 2. The van der Waals surface area contributed by atoms with Crippen LogP contribution in [0, 0.1) is 13.8 Å². The molecule has 7 nitrogen and oxygen atoms in total. The zero-order valence-electron chi connectivity index (χ0n) is 19.7. The average molecular weight is 487 g/mol. The molecule has 2 aliphatic carbocycles. The Balaban J connectivity index is 1.31. The van der Waals surface area contributed by atoms with Gasteiger partial charge in [-0.3, -0.25) is 9.59 Å². The van der Waals surface area contributed by atoms with E-state index in [1.165, 1.54) is 4.88 Å². The maximum atomic E-state index is 14.0. The van der Waals surface area contributed by atoms with Crippen molar-refractivity contribution in [2.24, 2.45) is 0 Å². The predicted molar refractivity (Wildman–Crippen MR) is 134 cm³/mol. The first-order valence-corrected chi connectivity index (χ1v) is 12.8. The van der Waals surface area contributed by atoms with Crippen molar-refractivity contribution in [3.05, 3.63) is 69.7 Å². The van der Waals surface area contributed by atoms with Crippen LogP contribution >= 0.6 is 11.3 Å². The number of nitrogens with one attached hydrogen (secondary N) is 1. The second-order valence-corrected chi connectivity index (χ2v) is 10.8. The van der Waals surface area contributed by atoms with E-state index in [0.29, 0.717) is 40.5 Å². The molecule has 0 bridgehead atoms. The van der Waals surface area contributed by atoms with Crippen molar-refractivity contribution in [2.45, 2.75) is 58.2 Å². The Kier molecular flexibility index (Phi) is 5.40. The summed E-state index contributed by atoms with van der Waals surface area (Å²) in [5.41, 5.74) is 3.98. The Morgan fingerprint density at radius 1 is 1.09 bits per heavy atom. The molecule has 3 heterocycles. The highest BCUT2D eigenvalue weighted by atomic mass is 32.1. The van der Waals surface area contributed by atoms with Crippen LogP contribution in [0.4, 0.5) is 0 Å². The number of hydrogen-bond donors (Lipinski definition) is 1. The summed E-state index contributed by atoms with van der Waals surface area (Å²) in [6.07, 6.45) is 4.09. The number of benzene rings is 1. The Hall–Kier alpha value is -3.52. The number of nitrogens with zero attached hydrogens (tertiary/aromatic N) is 3. The predicted octanol–water partition coefficient (Wildman–Crippen LogP) is 5.27. The third kappa shape index (κ3) is 4.46. The van der Waals surface area contributed by atoms with Crippen molar-refractivity contribution in [3.63, 3.8) is 0 Å². The van der Waals surface area contributed by atoms with E-state index in [4.69, 9.17) is 4.52 Å². The highest BCUT2D eigenvalue weighted by Gasteiger charge is 2.35. The van der Waals surface area contributed by atoms with Crippen molar-refractivity contribution in [1.29, 1.82) is 0 Å². The summed E-state index contributed by atoms with van der Waals surface area (Å²) >= 11 is 1.64. The number of carbonyl (C=O) groups is 2. The normalized spacial score (nSPS) is 15.4. The number of rotatable bonds is 7. The Morgan fingerprint density at radius 3 is 2.51 bits per heavy atom. The molecule has 2 aliphatic rings. The zero-order valence-corrected chi connectivity index (χ0v) is 20.5. The molecule has 1 N–H and O–H groups in total. The van der Waals surface area contributed by atoms with Gasteiger partial charge in [-0.05, 0) is 75.4 Å². The number of fused-ring (bicyclic) bond motifs is 1. The van der Waals surface area contributed by atoms with Gasteiger partial charge in [0.05, 0.1) is 27.2 Å². The number of hydrogen-bond acceptors (Lipinski definition) is 6. The van der Waals surface area contributed by atoms with E-state index in [9.17, 15) is 9.59 Å². The SMILES string of the molecule is Cc1ccc(-c2cc(C(=O)N(Cc3ccc(C(=O)NC4CC4)cc3)C3CC3)c3c(C)noc3n2)s1. The molecule has 0 spiro atoms. The molecule has 178 valence electrons. The van der Waals surface area contributed by atoms with E-state index in [1.807, 2.05) is 61.2 Å². The molecule has 4 aromatic rings. The first-order chi connectivity index (χ1) is 17.0. The number of aryl methyl sites for hydroxylation is 2. The van der Waals surface area contributed by atoms with E-state index in [-0.39, 0.29) is 17.9 Å². The summed E-state index contributed by atoms with van der Waals surface area (Å²) in [4.78, 5) is 35.0. The summed E-state index contributed by atoms with van der Waals surface area (Å²) in [5.74, 6) is -0.0797. The van der Waals surface area contributed by atoms with Crippen molar-refractivity contribution >= 4 is 34.3 Å². The third-order valence-corrected chi connectivity index (χ3v) is 7.59. The fraction of sp³-hybridized carbons (Fsp3) is 0.333. The second-order valence-electron chi connectivity index (χ2n) is 9.52. The quantitative estimate of drug-likeness (QED) is 0.385. The molecule has 2 amide bonds. The molecule has 0 atom stereocenters. The van der Waals surface area contributed by atoms with Crippen LogP contribution in [-0.4, -0.2) is 38.9 Å². The van der Waals surface area contributed by atoms with Crippen LogP contribution in [-0.2, 0) is 6.54 Å². The molecule has 0 aliphatic heterocycles. The Morgan fingerprint density at radius 2 is 1.86 bits per heavy atom. The van der Waals surface area contributed by atoms with Gasteiger partial charge in [-0.2, -0.15) is 0 Å². The number of aromatic nitrogens is 2. The molecule has 35 heavy (non-hydrogen) atoms. The molecule has 0 unspecified atom stereocenters. The van der Waals surface area contributed by atoms with Gasteiger partial charge in [0.15, 0.2) is 0 Å². The summed E-state index contributed by atoms with van der Waals surface area (Å²) in [6.45, 7) is 4.37. The van der Waals surface area contributed by atoms with Crippen molar-refractivity contribution in [1.82, 2.24) is 20.4 Å². The topological polar surface area (TPSA) is 88.3 Å². The van der Waals surface area contributed by atoms with E-state index < -0.39 is 0 Å². The zero-order chi connectivity index (χ0) is 24.1. The number of pyridine rings is 1. The monoisotopic (exact) mass is 486 g/mol. The lowest BCUT2D eigenvalue weighted by Crippen LogP contribution is -2.33. The molecule has 1 aromatic carbocycles. The first kappa shape index (κ1) is 22.0. The summed E-state index contributed by atoms with van der Waals surface area (Å²) < 4.78 is 5.48. The minimum atomic E-state index is -0.0451. The fourth-order valence-electron chi connectivity index (χ4n) is 4.32. The Labute approximate surface area is 207 Å². The molecule has 3 aromatic heterocycles. The smallest absolute Gasteiger partial charge is 0.259 e.